The van der Waals surface area contributed by atoms with Crippen LogP contribution in [0.15, 0.2) is 18.2 Å². The molecule has 1 aliphatic rings. The molecule has 1 aliphatic heterocycles. The average Bonchev–Trinajstić information content (AvgIpc) is 2.46. The summed E-state index contributed by atoms with van der Waals surface area (Å²) in [5.41, 5.74) is 1.19. The van der Waals surface area contributed by atoms with Gasteiger partial charge in [0.1, 0.15) is 5.75 Å². The molecule has 0 saturated carbocycles. The molecule has 106 valence electrons. The summed E-state index contributed by atoms with van der Waals surface area (Å²) in [5.74, 6) is 2.22. The molecule has 1 aromatic rings. The molecule has 0 aliphatic carbocycles. The van der Waals surface area contributed by atoms with Gasteiger partial charge in [-0.15, -0.1) is 0 Å². The maximum absolute atomic E-state index is 6.11. The van der Waals surface area contributed by atoms with Crippen molar-refractivity contribution in [3.8, 4) is 5.75 Å². The number of benzene rings is 1. The Morgan fingerprint density at radius 1 is 1.47 bits per heavy atom. The Hall–Kier alpha value is -0.380. The monoisotopic (exact) mass is 299 g/mol. The summed E-state index contributed by atoms with van der Waals surface area (Å²) in [6, 6.07) is 6.35. The van der Waals surface area contributed by atoms with E-state index in [0.717, 1.165) is 17.2 Å². The molecule has 1 heterocycles. The van der Waals surface area contributed by atoms with Gasteiger partial charge in [-0.2, -0.15) is 11.8 Å². The fraction of sp³-hybridized carbons (Fsp3) is 0.600. The molecule has 1 fully saturated rings. The number of hydrogen-bond donors (Lipinski definition) is 1. The van der Waals surface area contributed by atoms with E-state index in [2.05, 4.69) is 24.1 Å². The maximum Gasteiger partial charge on any atom is 0.122 e. The highest BCUT2D eigenvalue weighted by Crippen LogP contribution is 2.31. The zero-order valence-corrected chi connectivity index (χ0v) is 13.2. The summed E-state index contributed by atoms with van der Waals surface area (Å²) in [4.78, 5) is 0. The second-order valence-electron chi connectivity index (χ2n) is 4.96. The smallest absolute Gasteiger partial charge is 0.122 e. The summed E-state index contributed by atoms with van der Waals surface area (Å²) in [5, 5.41) is 4.95. The van der Waals surface area contributed by atoms with Gasteiger partial charge in [-0.3, -0.25) is 0 Å². The van der Waals surface area contributed by atoms with Crippen LogP contribution >= 0.6 is 23.4 Å². The highest BCUT2D eigenvalue weighted by atomic mass is 35.5. The summed E-state index contributed by atoms with van der Waals surface area (Å²) < 4.78 is 5.44. The van der Waals surface area contributed by atoms with Crippen molar-refractivity contribution in [2.75, 3.05) is 19.9 Å². The molecule has 0 spiro atoms. The van der Waals surface area contributed by atoms with Crippen LogP contribution in [0.5, 0.6) is 5.75 Å². The lowest BCUT2D eigenvalue weighted by Gasteiger charge is -2.30. The van der Waals surface area contributed by atoms with E-state index in [0.29, 0.717) is 11.3 Å². The maximum atomic E-state index is 6.11. The number of hydrogen-bond acceptors (Lipinski definition) is 3. The molecule has 0 radical (unpaired) electrons. The number of ether oxygens (including phenoxy) is 1. The molecular formula is C15H22ClNOS. The van der Waals surface area contributed by atoms with E-state index in [9.17, 15) is 0 Å². The average molecular weight is 300 g/mol. The lowest BCUT2D eigenvalue weighted by molar-refractivity contribution is 0.404. The second kappa shape index (κ2) is 7.41. The molecule has 0 amide bonds. The van der Waals surface area contributed by atoms with Crippen LogP contribution in [-0.4, -0.2) is 31.2 Å². The first kappa shape index (κ1) is 15.0. The Morgan fingerprint density at radius 3 is 2.95 bits per heavy atom. The van der Waals surface area contributed by atoms with E-state index in [1.807, 2.05) is 18.2 Å². The van der Waals surface area contributed by atoms with E-state index in [1.54, 1.807) is 7.11 Å². The lowest BCUT2D eigenvalue weighted by Crippen LogP contribution is -2.39. The van der Waals surface area contributed by atoms with Crippen molar-refractivity contribution in [1.29, 1.82) is 0 Å². The van der Waals surface area contributed by atoms with Crippen LogP contribution in [0.4, 0.5) is 0 Å². The van der Waals surface area contributed by atoms with Gasteiger partial charge in [0.25, 0.3) is 0 Å². The van der Waals surface area contributed by atoms with Gasteiger partial charge in [-0.25, -0.2) is 0 Å². The molecule has 0 bridgehead atoms. The molecule has 2 atom stereocenters. The predicted molar refractivity (Wildman–Crippen MR) is 84.7 cm³/mol. The fourth-order valence-electron chi connectivity index (χ4n) is 2.65. The molecule has 19 heavy (non-hydrogen) atoms. The van der Waals surface area contributed by atoms with Gasteiger partial charge in [0.05, 0.1) is 7.11 Å². The third-order valence-electron chi connectivity index (χ3n) is 3.72. The molecule has 0 aromatic heterocycles. The largest absolute Gasteiger partial charge is 0.496 e. The van der Waals surface area contributed by atoms with Gasteiger partial charge in [-0.05, 0) is 55.8 Å². The number of nitrogens with one attached hydrogen (secondary N) is 1. The van der Waals surface area contributed by atoms with Crippen LogP contribution in [-0.2, 0) is 6.42 Å². The Labute approximate surface area is 125 Å². The van der Waals surface area contributed by atoms with Gasteiger partial charge in [0, 0.05) is 16.3 Å². The number of halogens is 1. The summed E-state index contributed by atoms with van der Waals surface area (Å²) in [6.07, 6.45) is 4.98. The van der Waals surface area contributed by atoms with Gasteiger partial charge in [0.15, 0.2) is 0 Å². The third kappa shape index (κ3) is 4.04. The molecule has 1 saturated heterocycles. The van der Waals surface area contributed by atoms with Crippen molar-refractivity contribution in [1.82, 2.24) is 5.32 Å². The van der Waals surface area contributed by atoms with E-state index in [-0.39, 0.29) is 0 Å². The van der Waals surface area contributed by atoms with E-state index in [4.69, 9.17) is 16.3 Å². The predicted octanol–water partition coefficient (Wildman–Crippen LogP) is 3.76. The van der Waals surface area contributed by atoms with Crippen molar-refractivity contribution in [2.45, 2.75) is 37.0 Å². The van der Waals surface area contributed by atoms with Crippen LogP contribution in [0.2, 0.25) is 5.02 Å². The van der Waals surface area contributed by atoms with Gasteiger partial charge >= 0.3 is 0 Å². The molecule has 1 N–H and O–H groups in total. The van der Waals surface area contributed by atoms with Crippen LogP contribution < -0.4 is 10.1 Å². The Morgan fingerprint density at radius 2 is 2.32 bits per heavy atom. The molecular weight excluding hydrogens is 278 g/mol. The first-order chi connectivity index (χ1) is 9.24. The summed E-state index contributed by atoms with van der Waals surface area (Å²) >= 11 is 8.20. The third-order valence-corrected chi connectivity index (χ3v) is 5.47. The Balaban J connectivity index is 2.10. The van der Waals surface area contributed by atoms with Crippen molar-refractivity contribution in [3.05, 3.63) is 28.8 Å². The van der Waals surface area contributed by atoms with E-state index < -0.39 is 0 Å². The highest BCUT2D eigenvalue weighted by Gasteiger charge is 2.24. The van der Waals surface area contributed by atoms with E-state index >= 15 is 0 Å². The zero-order valence-electron chi connectivity index (χ0n) is 11.6. The normalized spacial score (nSPS) is 21.1. The first-order valence-electron chi connectivity index (χ1n) is 6.86. The Kier molecular flexibility index (Phi) is 5.86. The molecule has 4 heteroatoms. The zero-order chi connectivity index (χ0) is 13.7. The van der Waals surface area contributed by atoms with Gasteiger partial charge in [-0.1, -0.05) is 18.0 Å². The van der Waals surface area contributed by atoms with Crippen LogP contribution in [0.1, 0.15) is 24.8 Å². The summed E-state index contributed by atoms with van der Waals surface area (Å²) in [7, 11) is 3.77. The highest BCUT2D eigenvalue weighted by molar-refractivity contribution is 8.00. The van der Waals surface area contributed by atoms with E-state index in [1.165, 1.54) is 30.6 Å². The van der Waals surface area contributed by atoms with Crippen molar-refractivity contribution in [2.24, 2.45) is 0 Å². The lowest BCUT2D eigenvalue weighted by atomic mass is 9.99. The number of thioether (sulfide) groups is 1. The molecule has 2 rings (SSSR count). The second-order valence-corrected chi connectivity index (χ2v) is 6.74. The molecule has 2 nitrogen and oxygen atoms in total. The minimum Gasteiger partial charge on any atom is -0.496 e. The standard InChI is InChI=1S/C15H22ClNOS/c1-17-13(15-5-3-4-8-19-15)10-11-9-12(16)6-7-14(11)18-2/h6-7,9,13,15,17H,3-5,8,10H2,1-2H3. The minimum absolute atomic E-state index is 0.484. The summed E-state index contributed by atoms with van der Waals surface area (Å²) in [6.45, 7) is 0. The minimum atomic E-state index is 0.484. The van der Waals surface area contributed by atoms with Crippen LogP contribution in [0, 0.1) is 0 Å². The molecule has 1 aromatic carbocycles. The van der Waals surface area contributed by atoms with Crippen molar-refractivity contribution in [3.63, 3.8) is 0 Å². The van der Waals surface area contributed by atoms with Crippen LogP contribution in [0.25, 0.3) is 0 Å². The van der Waals surface area contributed by atoms with Crippen LogP contribution in [0.3, 0.4) is 0 Å². The Bertz CT molecular complexity index is 407. The number of rotatable bonds is 5. The SMILES string of the molecule is CNC(Cc1cc(Cl)ccc1OC)C1CCCCS1. The first-order valence-corrected chi connectivity index (χ1v) is 8.28. The molecule has 2 unspecified atom stereocenters. The van der Waals surface area contributed by atoms with Crippen molar-refractivity contribution >= 4 is 23.4 Å². The fourth-order valence-corrected chi connectivity index (χ4v) is 4.31. The van der Waals surface area contributed by atoms with Gasteiger partial charge in [0.2, 0.25) is 0 Å². The number of likely N-dealkylation sites (N-methyl/N-ethyl adjacent to an activating group) is 1. The number of methoxy groups -OCH3 is 1. The van der Waals surface area contributed by atoms with Gasteiger partial charge < -0.3 is 10.1 Å². The topological polar surface area (TPSA) is 21.3 Å². The quantitative estimate of drug-likeness (QED) is 0.894. The van der Waals surface area contributed by atoms with Crippen molar-refractivity contribution < 1.29 is 4.74 Å².